The molecule has 0 saturated heterocycles. The summed E-state index contributed by atoms with van der Waals surface area (Å²) in [4.78, 5) is 14.9. The molecule has 5 rings (SSSR count). The van der Waals surface area contributed by atoms with Crippen LogP contribution in [0.5, 0.6) is 23.0 Å². The second kappa shape index (κ2) is 11.7. The molecule has 1 amide bonds. The van der Waals surface area contributed by atoms with Gasteiger partial charge in [-0.15, -0.1) is 0 Å². The van der Waals surface area contributed by atoms with E-state index in [-0.39, 0.29) is 12.5 Å². The van der Waals surface area contributed by atoms with Gasteiger partial charge >= 0.3 is 0 Å². The van der Waals surface area contributed by atoms with Gasteiger partial charge in [-0.25, -0.2) is 0 Å². The van der Waals surface area contributed by atoms with E-state index in [9.17, 15) is 9.90 Å². The summed E-state index contributed by atoms with van der Waals surface area (Å²) in [5.74, 6) is 2.51. The molecule has 0 aromatic heterocycles. The van der Waals surface area contributed by atoms with Gasteiger partial charge in [0, 0.05) is 24.4 Å². The van der Waals surface area contributed by atoms with Crippen LogP contribution in [0, 0.1) is 6.92 Å². The predicted octanol–water partition coefficient (Wildman–Crippen LogP) is 8.02. The molecule has 5 aromatic carbocycles. The third kappa shape index (κ3) is 6.17. The van der Waals surface area contributed by atoms with Crippen molar-refractivity contribution < 1.29 is 19.4 Å². The number of carbonyl (C=O) groups is 1. The maximum absolute atomic E-state index is 13.3. The molecule has 0 atom stereocenters. The maximum atomic E-state index is 13.3. The largest absolute Gasteiger partial charge is 0.457 e. The molecule has 0 saturated carbocycles. The summed E-state index contributed by atoms with van der Waals surface area (Å²) >= 11 is 0. The molecular formula is C34H29NO4. The van der Waals surface area contributed by atoms with Crippen LogP contribution in [0.15, 0.2) is 121 Å². The number of hydrogen-bond acceptors (Lipinski definition) is 4. The molecule has 0 spiro atoms. The Morgan fingerprint density at radius 1 is 0.667 bits per heavy atom. The van der Waals surface area contributed by atoms with E-state index < -0.39 is 0 Å². The van der Waals surface area contributed by atoms with Crippen LogP contribution in [-0.2, 0) is 6.61 Å². The Labute approximate surface area is 228 Å². The third-order valence-corrected chi connectivity index (χ3v) is 6.44. The highest BCUT2D eigenvalue weighted by molar-refractivity contribution is 6.07. The van der Waals surface area contributed by atoms with Gasteiger partial charge in [-0.3, -0.25) is 4.79 Å². The number of hydrogen-bond donors (Lipinski definition) is 1. The first-order valence-corrected chi connectivity index (χ1v) is 12.7. The van der Waals surface area contributed by atoms with E-state index in [1.807, 2.05) is 122 Å². The van der Waals surface area contributed by atoms with Gasteiger partial charge in [0.05, 0.1) is 6.61 Å². The average molecular weight is 516 g/mol. The van der Waals surface area contributed by atoms with Crippen LogP contribution in [-0.4, -0.2) is 18.1 Å². The highest BCUT2D eigenvalue weighted by Crippen LogP contribution is 2.30. The Bertz CT molecular complexity index is 1560. The first-order valence-electron chi connectivity index (χ1n) is 12.7. The summed E-state index contributed by atoms with van der Waals surface area (Å²) in [7, 11) is 1.72. The van der Waals surface area contributed by atoms with Crippen molar-refractivity contribution in [3.05, 3.63) is 138 Å². The van der Waals surface area contributed by atoms with Crippen molar-refractivity contribution >= 4 is 11.6 Å². The second-order valence-corrected chi connectivity index (χ2v) is 9.25. The number of rotatable bonds is 8. The zero-order valence-electron chi connectivity index (χ0n) is 21.9. The van der Waals surface area contributed by atoms with E-state index in [1.165, 1.54) is 5.56 Å². The minimum atomic E-state index is -0.227. The lowest BCUT2D eigenvalue weighted by molar-refractivity contribution is 0.0990. The summed E-state index contributed by atoms with van der Waals surface area (Å²) in [6, 6.07) is 38.0. The molecule has 1 N–H and O–H groups in total. The molecule has 194 valence electrons. The third-order valence-electron chi connectivity index (χ3n) is 6.44. The van der Waals surface area contributed by atoms with Crippen molar-refractivity contribution in [2.45, 2.75) is 13.5 Å². The summed E-state index contributed by atoms with van der Waals surface area (Å²) in [6.45, 7) is 1.81. The minimum absolute atomic E-state index is 0.201. The van der Waals surface area contributed by atoms with Crippen LogP contribution in [0.3, 0.4) is 0 Å². The maximum Gasteiger partial charge on any atom is 0.258 e. The second-order valence-electron chi connectivity index (χ2n) is 9.25. The lowest BCUT2D eigenvalue weighted by Crippen LogP contribution is -2.27. The molecule has 0 bridgehead atoms. The first kappa shape index (κ1) is 25.8. The highest BCUT2D eigenvalue weighted by atomic mass is 16.5. The fraction of sp³-hybridized carbons (Fsp3) is 0.0882. The standard InChI is InChI=1S/C34H29NO4/c1-24-11-16-29(17-12-24)38-31-9-6-10-32(22-31)39-30-18-14-28(15-19-30)35(2)34(37)33-20-13-26(21-27(33)23-36)25-7-4-3-5-8-25/h3-22,36H,23H2,1-2H3. The molecule has 0 fully saturated rings. The molecule has 5 aromatic rings. The number of aliphatic hydroxyl groups excluding tert-OH is 1. The number of nitrogens with zero attached hydrogens (tertiary/aromatic N) is 1. The molecule has 0 aliphatic carbocycles. The number of aryl methyl sites for hydroxylation is 1. The first-order chi connectivity index (χ1) is 19.0. The van der Waals surface area contributed by atoms with Gasteiger partial charge in [0.1, 0.15) is 23.0 Å². The predicted molar refractivity (Wildman–Crippen MR) is 155 cm³/mol. The number of anilines is 1. The zero-order valence-corrected chi connectivity index (χ0v) is 21.9. The number of ether oxygens (including phenoxy) is 2. The molecule has 5 nitrogen and oxygen atoms in total. The van der Waals surface area contributed by atoms with E-state index >= 15 is 0 Å². The molecule has 39 heavy (non-hydrogen) atoms. The Balaban J connectivity index is 1.27. The van der Waals surface area contributed by atoms with Crippen LogP contribution in [0.4, 0.5) is 5.69 Å². The van der Waals surface area contributed by atoms with Gasteiger partial charge in [0.15, 0.2) is 0 Å². The summed E-state index contributed by atoms with van der Waals surface area (Å²) < 4.78 is 12.0. The van der Waals surface area contributed by atoms with Gasteiger partial charge in [0.25, 0.3) is 5.91 Å². The minimum Gasteiger partial charge on any atom is -0.457 e. The van der Waals surface area contributed by atoms with E-state index in [4.69, 9.17) is 9.47 Å². The fourth-order valence-electron chi connectivity index (χ4n) is 4.26. The smallest absolute Gasteiger partial charge is 0.258 e. The Morgan fingerprint density at radius 2 is 1.28 bits per heavy atom. The molecule has 0 heterocycles. The topological polar surface area (TPSA) is 59.0 Å². The normalized spacial score (nSPS) is 10.6. The number of amides is 1. The van der Waals surface area contributed by atoms with Gasteiger partial charge < -0.3 is 19.5 Å². The summed E-state index contributed by atoms with van der Waals surface area (Å²) in [5, 5.41) is 9.98. The van der Waals surface area contributed by atoms with Crippen molar-refractivity contribution in [3.8, 4) is 34.1 Å². The zero-order chi connectivity index (χ0) is 27.2. The van der Waals surface area contributed by atoms with E-state index in [0.717, 1.165) is 16.9 Å². The van der Waals surface area contributed by atoms with Crippen molar-refractivity contribution in [2.24, 2.45) is 0 Å². The van der Waals surface area contributed by atoms with Gasteiger partial charge in [-0.1, -0.05) is 60.2 Å². The number of carbonyl (C=O) groups excluding carboxylic acids is 1. The van der Waals surface area contributed by atoms with E-state index in [2.05, 4.69) is 0 Å². The van der Waals surface area contributed by atoms with Crippen molar-refractivity contribution in [2.75, 3.05) is 11.9 Å². The molecule has 0 aliphatic heterocycles. The monoisotopic (exact) mass is 515 g/mol. The average Bonchev–Trinajstić information content (AvgIpc) is 2.98. The molecular weight excluding hydrogens is 486 g/mol. The SMILES string of the molecule is Cc1ccc(Oc2cccc(Oc3ccc(N(C)C(=O)c4ccc(-c5ccccc5)cc4CO)cc3)c2)cc1. The summed E-state index contributed by atoms with van der Waals surface area (Å²) in [5.41, 5.74) is 4.91. The van der Waals surface area contributed by atoms with Gasteiger partial charge in [0.2, 0.25) is 0 Å². The van der Waals surface area contributed by atoms with E-state index in [1.54, 1.807) is 18.0 Å². The molecule has 0 radical (unpaired) electrons. The lowest BCUT2D eigenvalue weighted by Gasteiger charge is -2.20. The molecule has 5 heteroatoms. The lowest BCUT2D eigenvalue weighted by atomic mass is 9.98. The quantitative estimate of drug-likeness (QED) is 0.227. The van der Waals surface area contributed by atoms with Gasteiger partial charge in [-0.2, -0.15) is 0 Å². The van der Waals surface area contributed by atoms with Crippen molar-refractivity contribution in [3.63, 3.8) is 0 Å². The van der Waals surface area contributed by atoms with Crippen LogP contribution in [0.1, 0.15) is 21.5 Å². The van der Waals surface area contributed by atoms with Crippen LogP contribution >= 0.6 is 0 Å². The Kier molecular flexibility index (Phi) is 7.71. The van der Waals surface area contributed by atoms with Gasteiger partial charge in [-0.05, 0) is 84.3 Å². The van der Waals surface area contributed by atoms with Crippen molar-refractivity contribution in [1.29, 1.82) is 0 Å². The highest BCUT2D eigenvalue weighted by Gasteiger charge is 2.18. The van der Waals surface area contributed by atoms with Crippen LogP contribution in [0.25, 0.3) is 11.1 Å². The fourth-order valence-corrected chi connectivity index (χ4v) is 4.26. The van der Waals surface area contributed by atoms with Crippen LogP contribution < -0.4 is 14.4 Å². The van der Waals surface area contributed by atoms with Crippen molar-refractivity contribution in [1.82, 2.24) is 0 Å². The molecule has 0 unspecified atom stereocenters. The van der Waals surface area contributed by atoms with E-state index in [0.29, 0.717) is 34.1 Å². The Hall–Kier alpha value is -4.87. The summed E-state index contributed by atoms with van der Waals surface area (Å²) in [6.07, 6.45) is 0. The molecule has 0 aliphatic rings. The van der Waals surface area contributed by atoms with Crippen LogP contribution in [0.2, 0.25) is 0 Å². The number of aliphatic hydroxyl groups is 1. The Morgan fingerprint density at radius 3 is 1.90 bits per heavy atom. The number of benzene rings is 5.